The van der Waals surface area contributed by atoms with E-state index in [9.17, 15) is 4.79 Å². The van der Waals surface area contributed by atoms with Gasteiger partial charge in [-0.2, -0.15) is 4.98 Å². The third kappa shape index (κ3) is 7.73. The lowest BCUT2D eigenvalue weighted by atomic mass is 9.77. The molecule has 2 aromatic carbocycles. The first kappa shape index (κ1) is 32.0. The fourth-order valence-corrected chi connectivity index (χ4v) is 4.54. The number of rotatable bonds is 7. The average Bonchev–Trinajstić information content (AvgIpc) is 3.36. The zero-order valence-electron chi connectivity index (χ0n) is 25.1. The second-order valence-corrected chi connectivity index (χ2v) is 10.0. The first-order valence-electron chi connectivity index (χ1n) is 13.7. The van der Waals surface area contributed by atoms with Crippen LogP contribution in [0.4, 0.5) is 5.69 Å². The van der Waals surface area contributed by atoms with E-state index in [2.05, 4.69) is 34.5 Å². The Kier molecular flexibility index (Phi) is 9.99. The van der Waals surface area contributed by atoms with E-state index in [1.54, 1.807) is 32.2 Å². The molecule has 1 amide bonds. The summed E-state index contributed by atoms with van der Waals surface area (Å²) in [5.74, 6) is -1.61. The summed E-state index contributed by atoms with van der Waals surface area (Å²) in [4.78, 5) is 38.5. The van der Waals surface area contributed by atoms with Crippen molar-refractivity contribution in [1.29, 1.82) is 0 Å². The lowest BCUT2D eigenvalue weighted by molar-refractivity contribution is -0.159. The molecule has 1 aromatic heterocycles. The SMILES string of the molecule is COc1ccc(NC(=O)C2(c3noc(C)n3)C=CC(c3ccccc3C)=CC2)cc1OC1=CN(C)C=CC=C1.O=C(O)C(=O)O. The molecule has 3 aromatic rings. The van der Waals surface area contributed by atoms with Gasteiger partial charge in [0.25, 0.3) is 0 Å². The van der Waals surface area contributed by atoms with E-state index in [0.717, 1.165) is 16.7 Å². The van der Waals surface area contributed by atoms with Crippen molar-refractivity contribution in [3.8, 4) is 11.5 Å². The Morgan fingerprint density at radius 3 is 2.40 bits per heavy atom. The Bertz CT molecular complexity index is 1740. The smallest absolute Gasteiger partial charge is 0.414 e. The number of aliphatic carboxylic acids is 2. The van der Waals surface area contributed by atoms with Crippen LogP contribution in [0.3, 0.4) is 0 Å². The summed E-state index contributed by atoms with van der Waals surface area (Å²) in [6, 6.07) is 13.4. The molecule has 45 heavy (non-hydrogen) atoms. The first-order chi connectivity index (χ1) is 21.5. The largest absolute Gasteiger partial charge is 0.493 e. The molecule has 0 spiro atoms. The highest BCUT2D eigenvalue weighted by Crippen LogP contribution is 2.38. The number of amides is 1. The number of carboxylic acids is 2. The number of benzene rings is 2. The van der Waals surface area contributed by atoms with E-state index in [1.165, 1.54) is 0 Å². The number of carbonyl (C=O) groups is 3. The van der Waals surface area contributed by atoms with Gasteiger partial charge in [0, 0.05) is 38.1 Å². The van der Waals surface area contributed by atoms with E-state index in [1.807, 2.05) is 72.9 Å². The van der Waals surface area contributed by atoms with Crippen molar-refractivity contribution >= 4 is 29.1 Å². The summed E-state index contributed by atoms with van der Waals surface area (Å²) in [5, 5.41) is 22.0. The predicted octanol–water partition coefficient (Wildman–Crippen LogP) is 5.01. The van der Waals surface area contributed by atoms with Gasteiger partial charge in [0.15, 0.2) is 17.3 Å². The lowest BCUT2D eigenvalue weighted by Crippen LogP contribution is -2.40. The van der Waals surface area contributed by atoms with Crippen LogP contribution in [-0.2, 0) is 19.8 Å². The minimum atomic E-state index is -1.82. The number of hydrogen-bond acceptors (Lipinski definition) is 9. The number of ether oxygens (including phenoxy) is 2. The van der Waals surface area contributed by atoms with Crippen LogP contribution in [0.5, 0.6) is 11.5 Å². The molecule has 5 rings (SSSR count). The number of aromatic nitrogens is 2. The van der Waals surface area contributed by atoms with Gasteiger partial charge < -0.3 is 34.4 Å². The molecule has 0 bridgehead atoms. The lowest BCUT2D eigenvalue weighted by Gasteiger charge is -2.28. The topological polar surface area (TPSA) is 164 Å². The van der Waals surface area contributed by atoms with Crippen LogP contribution in [0.25, 0.3) is 5.57 Å². The maximum atomic E-state index is 13.9. The van der Waals surface area contributed by atoms with Crippen molar-refractivity contribution in [2.24, 2.45) is 0 Å². The molecule has 1 unspecified atom stereocenters. The summed E-state index contributed by atoms with van der Waals surface area (Å²) in [6.45, 7) is 3.78. The van der Waals surface area contributed by atoms with Crippen LogP contribution in [0.15, 0.2) is 102 Å². The zero-order valence-corrected chi connectivity index (χ0v) is 25.1. The van der Waals surface area contributed by atoms with Crippen molar-refractivity contribution in [3.05, 3.63) is 120 Å². The summed E-state index contributed by atoms with van der Waals surface area (Å²) in [7, 11) is 3.49. The van der Waals surface area contributed by atoms with Crippen molar-refractivity contribution in [1.82, 2.24) is 15.0 Å². The molecule has 1 atom stereocenters. The zero-order chi connectivity index (χ0) is 32.6. The van der Waals surface area contributed by atoms with Gasteiger partial charge in [0.1, 0.15) is 11.2 Å². The van der Waals surface area contributed by atoms with Crippen LogP contribution in [0.1, 0.15) is 29.3 Å². The average molecular weight is 613 g/mol. The molecule has 0 radical (unpaired) electrons. The normalized spacial score (nSPS) is 16.8. The number of methoxy groups -OCH3 is 1. The fourth-order valence-electron chi connectivity index (χ4n) is 4.54. The standard InChI is InChI=1S/C31H30N4O4.C2H2O4/c1-21-9-5-6-11-26(21)23-14-16-31(17-15-23,29-32-22(2)39-34-29)30(36)33-24-12-13-27(37-4)28(19-24)38-25-10-7-8-18-35(3)20-25;3-1(4)2(5)6/h5-16,18-20H,17H2,1-4H3,(H,33,36);(H,3,4)(H,5,6). The minimum Gasteiger partial charge on any atom is -0.493 e. The Morgan fingerprint density at radius 2 is 1.78 bits per heavy atom. The molecular formula is C33H32N4O8. The van der Waals surface area contributed by atoms with Crippen LogP contribution >= 0.6 is 0 Å². The Morgan fingerprint density at radius 1 is 1.02 bits per heavy atom. The van der Waals surface area contributed by atoms with Crippen LogP contribution in [0, 0.1) is 13.8 Å². The minimum absolute atomic E-state index is 0.284. The van der Waals surface area contributed by atoms with Gasteiger partial charge in [-0.15, -0.1) is 0 Å². The molecule has 232 valence electrons. The molecule has 0 saturated heterocycles. The molecule has 0 fully saturated rings. The fraction of sp³-hybridized carbons (Fsp3) is 0.182. The highest BCUT2D eigenvalue weighted by atomic mass is 16.5. The third-order valence-electron chi connectivity index (χ3n) is 6.84. The summed E-state index contributed by atoms with van der Waals surface area (Å²) in [6.07, 6.45) is 15.6. The maximum absolute atomic E-state index is 13.9. The number of carbonyl (C=O) groups excluding carboxylic acids is 1. The van der Waals surface area contributed by atoms with E-state index in [-0.39, 0.29) is 5.91 Å². The number of carboxylic acid groups (broad SMARTS) is 2. The molecule has 2 heterocycles. The van der Waals surface area contributed by atoms with Gasteiger partial charge in [-0.3, -0.25) is 4.79 Å². The van der Waals surface area contributed by atoms with Crippen LogP contribution in [0.2, 0.25) is 0 Å². The highest BCUT2D eigenvalue weighted by Gasteiger charge is 2.43. The predicted molar refractivity (Wildman–Crippen MR) is 165 cm³/mol. The second-order valence-electron chi connectivity index (χ2n) is 10.0. The van der Waals surface area contributed by atoms with Crippen molar-refractivity contribution in [3.63, 3.8) is 0 Å². The van der Waals surface area contributed by atoms with Gasteiger partial charge >= 0.3 is 11.9 Å². The van der Waals surface area contributed by atoms with Crippen molar-refractivity contribution in [2.75, 3.05) is 19.5 Å². The summed E-state index contributed by atoms with van der Waals surface area (Å²) < 4.78 is 16.9. The molecule has 2 aliphatic rings. The Hall–Kier alpha value is -5.91. The van der Waals surface area contributed by atoms with E-state index >= 15 is 0 Å². The number of allylic oxidation sites excluding steroid dienone is 6. The molecule has 0 saturated carbocycles. The van der Waals surface area contributed by atoms with E-state index in [4.69, 9.17) is 33.8 Å². The number of anilines is 1. The number of nitrogens with zero attached hydrogens (tertiary/aromatic N) is 3. The van der Waals surface area contributed by atoms with Gasteiger partial charge in [-0.1, -0.05) is 53.7 Å². The molecule has 1 aliphatic carbocycles. The summed E-state index contributed by atoms with van der Waals surface area (Å²) >= 11 is 0. The van der Waals surface area contributed by atoms with E-state index < -0.39 is 17.4 Å². The number of nitrogens with one attached hydrogen (secondary N) is 1. The van der Waals surface area contributed by atoms with Gasteiger partial charge in [0.05, 0.1) is 7.11 Å². The number of hydrogen-bond donors (Lipinski definition) is 3. The van der Waals surface area contributed by atoms with Crippen molar-refractivity contribution < 1.29 is 38.6 Å². The van der Waals surface area contributed by atoms with E-state index in [0.29, 0.717) is 41.1 Å². The quantitative estimate of drug-likeness (QED) is 0.307. The van der Waals surface area contributed by atoms with Gasteiger partial charge in [-0.25, -0.2) is 9.59 Å². The van der Waals surface area contributed by atoms with Crippen LogP contribution in [-0.4, -0.2) is 57.3 Å². The molecular weight excluding hydrogens is 580 g/mol. The molecule has 12 heteroatoms. The second kappa shape index (κ2) is 14.0. The Labute approximate surface area is 259 Å². The summed E-state index contributed by atoms with van der Waals surface area (Å²) in [5.41, 5.74) is 2.72. The third-order valence-corrected chi connectivity index (χ3v) is 6.84. The highest BCUT2D eigenvalue weighted by molar-refractivity contribution is 6.27. The van der Waals surface area contributed by atoms with Crippen LogP contribution < -0.4 is 14.8 Å². The first-order valence-corrected chi connectivity index (χ1v) is 13.7. The molecule has 3 N–H and O–H groups in total. The van der Waals surface area contributed by atoms with Gasteiger partial charge in [-0.05, 0) is 54.3 Å². The molecule has 1 aliphatic heterocycles. The van der Waals surface area contributed by atoms with Crippen molar-refractivity contribution in [2.45, 2.75) is 25.7 Å². The van der Waals surface area contributed by atoms with Gasteiger partial charge in [0.2, 0.25) is 11.8 Å². The molecule has 12 nitrogen and oxygen atoms in total. The number of aryl methyl sites for hydroxylation is 2. The maximum Gasteiger partial charge on any atom is 0.414 e. The monoisotopic (exact) mass is 612 g/mol. The Balaban J connectivity index is 0.000000700.